The number of carbonyl (C=O) groups is 2. The normalized spacial score (nSPS) is 16.0. The summed E-state index contributed by atoms with van der Waals surface area (Å²) in [6, 6.07) is 6.40. The molecule has 1 saturated heterocycles. The third kappa shape index (κ3) is 4.84. The van der Waals surface area contributed by atoms with Crippen molar-refractivity contribution in [1.82, 2.24) is 9.80 Å². The van der Waals surface area contributed by atoms with Crippen LogP contribution < -0.4 is 5.32 Å². The molecular formula is C17H21ClN4O3. The number of hydrogen-bond acceptors (Lipinski definition) is 5. The largest absolute Gasteiger partial charge is 0.450 e. The molecule has 1 aliphatic heterocycles. The summed E-state index contributed by atoms with van der Waals surface area (Å²) in [5, 5.41) is 12.0. The van der Waals surface area contributed by atoms with Gasteiger partial charge in [-0.05, 0) is 32.0 Å². The maximum absolute atomic E-state index is 12.4. The molecule has 0 unspecified atom stereocenters. The SMILES string of the molecule is CCOC(=O)N1CCN([C@H](C)C(=O)Nc2ccc(C#N)c(Cl)c2)CC1. The van der Waals surface area contributed by atoms with E-state index in [1.165, 1.54) is 0 Å². The summed E-state index contributed by atoms with van der Waals surface area (Å²) in [7, 11) is 0. The number of anilines is 1. The van der Waals surface area contributed by atoms with Crippen LogP contribution in [0.4, 0.5) is 10.5 Å². The summed E-state index contributed by atoms with van der Waals surface area (Å²) in [4.78, 5) is 27.8. The summed E-state index contributed by atoms with van der Waals surface area (Å²) in [5.41, 5.74) is 0.911. The van der Waals surface area contributed by atoms with E-state index in [0.717, 1.165) is 0 Å². The highest BCUT2D eigenvalue weighted by atomic mass is 35.5. The number of hydrogen-bond donors (Lipinski definition) is 1. The van der Waals surface area contributed by atoms with Crippen LogP contribution in [0.1, 0.15) is 19.4 Å². The zero-order chi connectivity index (χ0) is 18.4. The van der Waals surface area contributed by atoms with Crippen LogP contribution in [0.3, 0.4) is 0 Å². The van der Waals surface area contributed by atoms with E-state index in [0.29, 0.717) is 49.1 Å². The zero-order valence-electron chi connectivity index (χ0n) is 14.3. The van der Waals surface area contributed by atoms with Crippen molar-refractivity contribution in [3.05, 3.63) is 28.8 Å². The topological polar surface area (TPSA) is 85.7 Å². The van der Waals surface area contributed by atoms with E-state index < -0.39 is 0 Å². The van der Waals surface area contributed by atoms with Crippen molar-refractivity contribution < 1.29 is 14.3 Å². The molecule has 2 rings (SSSR count). The molecule has 1 aliphatic rings. The summed E-state index contributed by atoms with van der Waals surface area (Å²) in [5.74, 6) is -0.162. The van der Waals surface area contributed by atoms with E-state index in [1.54, 1.807) is 30.0 Å². The lowest BCUT2D eigenvalue weighted by atomic mass is 10.2. The predicted molar refractivity (Wildman–Crippen MR) is 94.4 cm³/mol. The quantitative estimate of drug-likeness (QED) is 0.886. The first-order chi connectivity index (χ1) is 12.0. The van der Waals surface area contributed by atoms with Crippen molar-refractivity contribution in [3.63, 3.8) is 0 Å². The van der Waals surface area contributed by atoms with E-state index in [9.17, 15) is 9.59 Å². The molecule has 134 valence electrons. The van der Waals surface area contributed by atoms with Crippen molar-refractivity contribution in [3.8, 4) is 6.07 Å². The molecule has 8 heteroatoms. The molecule has 1 heterocycles. The molecule has 7 nitrogen and oxygen atoms in total. The van der Waals surface area contributed by atoms with Crippen molar-refractivity contribution in [1.29, 1.82) is 5.26 Å². The number of nitrogens with one attached hydrogen (secondary N) is 1. The van der Waals surface area contributed by atoms with Crippen LogP contribution in [0.2, 0.25) is 5.02 Å². The summed E-state index contributed by atoms with van der Waals surface area (Å²) < 4.78 is 4.99. The molecule has 0 spiro atoms. The molecule has 0 aliphatic carbocycles. The summed E-state index contributed by atoms with van der Waals surface area (Å²) in [6.07, 6.45) is -0.313. The molecule has 1 aromatic rings. The maximum atomic E-state index is 12.4. The highest BCUT2D eigenvalue weighted by Gasteiger charge is 2.28. The Morgan fingerprint density at radius 1 is 1.36 bits per heavy atom. The molecule has 0 aromatic heterocycles. The maximum Gasteiger partial charge on any atom is 0.409 e. The van der Waals surface area contributed by atoms with Gasteiger partial charge < -0.3 is 15.0 Å². The number of carbonyl (C=O) groups excluding carboxylic acids is 2. The second kappa shape index (κ2) is 8.70. The molecular weight excluding hydrogens is 344 g/mol. The van der Waals surface area contributed by atoms with E-state index in [-0.39, 0.29) is 18.0 Å². The van der Waals surface area contributed by atoms with Gasteiger partial charge in [0.05, 0.1) is 23.2 Å². The Kier molecular flexibility index (Phi) is 6.62. The minimum atomic E-state index is -0.348. The molecule has 0 saturated carbocycles. The molecule has 1 aromatic carbocycles. The zero-order valence-corrected chi connectivity index (χ0v) is 15.0. The fraction of sp³-hybridized carbons (Fsp3) is 0.471. The number of amides is 2. The number of nitriles is 1. The average molecular weight is 365 g/mol. The Morgan fingerprint density at radius 3 is 2.60 bits per heavy atom. The minimum Gasteiger partial charge on any atom is -0.450 e. The van der Waals surface area contributed by atoms with Gasteiger partial charge in [0.2, 0.25) is 5.91 Å². The van der Waals surface area contributed by atoms with E-state index >= 15 is 0 Å². The Balaban J connectivity index is 1.90. The second-order valence-electron chi connectivity index (χ2n) is 5.69. The van der Waals surface area contributed by atoms with Gasteiger partial charge in [0.15, 0.2) is 0 Å². The lowest BCUT2D eigenvalue weighted by Gasteiger charge is -2.36. The van der Waals surface area contributed by atoms with Gasteiger partial charge in [0.25, 0.3) is 0 Å². The molecule has 2 amide bonds. The Hall–Kier alpha value is -2.30. The van der Waals surface area contributed by atoms with Crippen LogP contribution in [0, 0.1) is 11.3 Å². The van der Waals surface area contributed by atoms with Crippen molar-refractivity contribution in [2.24, 2.45) is 0 Å². The van der Waals surface area contributed by atoms with Gasteiger partial charge in [-0.3, -0.25) is 9.69 Å². The lowest BCUT2D eigenvalue weighted by molar-refractivity contribution is -0.121. The fourth-order valence-electron chi connectivity index (χ4n) is 2.60. The highest BCUT2D eigenvalue weighted by Crippen LogP contribution is 2.20. The molecule has 1 fully saturated rings. The minimum absolute atomic E-state index is 0.162. The molecule has 1 N–H and O–H groups in total. The first kappa shape index (κ1) is 19.0. The average Bonchev–Trinajstić information content (AvgIpc) is 2.61. The van der Waals surface area contributed by atoms with Crippen LogP contribution in [0.5, 0.6) is 0 Å². The van der Waals surface area contributed by atoms with Crippen LogP contribution in [-0.4, -0.2) is 60.6 Å². The van der Waals surface area contributed by atoms with Gasteiger partial charge in [-0.2, -0.15) is 5.26 Å². The number of benzene rings is 1. The first-order valence-corrected chi connectivity index (χ1v) is 8.50. The molecule has 0 bridgehead atoms. The van der Waals surface area contributed by atoms with Crippen LogP contribution in [0.25, 0.3) is 0 Å². The lowest BCUT2D eigenvalue weighted by Crippen LogP contribution is -2.54. The number of ether oxygens (including phenoxy) is 1. The standard InChI is InChI=1S/C17H21ClN4O3/c1-3-25-17(24)22-8-6-21(7-9-22)12(2)16(23)20-14-5-4-13(11-19)15(18)10-14/h4-5,10,12H,3,6-9H2,1-2H3,(H,20,23)/t12-/m1/s1. The summed E-state index contributed by atoms with van der Waals surface area (Å²) >= 11 is 5.98. The van der Waals surface area contributed by atoms with Crippen molar-refractivity contribution in [2.75, 3.05) is 38.1 Å². The monoisotopic (exact) mass is 364 g/mol. The smallest absolute Gasteiger partial charge is 0.409 e. The first-order valence-electron chi connectivity index (χ1n) is 8.12. The summed E-state index contributed by atoms with van der Waals surface area (Å²) in [6.45, 7) is 6.20. The number of piperazine rings is 1. The van der Waals surface area contributed by atoms with Crippen LogP contribution in [-0.2, 0) is 9.53 Å². The molecule has 25 heavy (non-hydrogen) atoms. The van der Waals surface area contributed by atoms with Crippen LogP contribution >= 0.6 is 11.6 Å². The van der Waals surface area contributed by atoms with Gasteiger partial charge in [-0.15, -0.1) is 0 Å². The van der Waals surface area contributed by atoms with Crippen molar-refractivity contribution >= 4 is 29.3 Å². The van der Waals surface area contributed by atoms with E-state index in [4.69, 9.17) is 21.6 Å². The third-order valence-electron chi connectivity index (χ3n) is 4.12. The van der Waals surface area contributed by atoms with Crippen molar-refractivity contribution in [2.45, 2.75) is 19.9 Å². The number of rotatable bonds is 4. The predicted octanol–water partition coefficient (Wildman–Crippen LogP) is 2.31. The highest BCUT2D eigenvalue weighted by molar-refractivity contribution is 6.32. The van der Waals surface area contributed by atoms with Gasteiger partial charge in [-0.1, -0.05) is 11.6 Å². The van der Waals surface area contributed by atoms with Crippen LogP contribution in [0.15, 0.2) is 18.2 Å². The third-order valence-corrected chi connectivity index (χ3v) is 4.44. The second-order valence-corrected chi connectivity index (χ2v) is 6.10. The number of nitrogens with zero attached hydrogens (tertiary/aromatic N) is 3. The fourth-order valence-corrected chi connectivity index (χ4v) is 2.83. The number of halogens is 1. The van der Waals surface area contributed by atoms with E-state index in [1.807, 2.05) is 17.9 Å². The van der Waals surface area contributed by atoms with E-state index in [2.05, 4.69) is 5.32 Å². The Bertz CT molecular complexity index is 681. The molecule has 1 atom stereocenters. The van der Waals surface area contributed by atoms with Gasteiger partial charge in [0.1, 0.15) is 6.07 Å². The van der Waals surface area contributed by atoms with Gasteiger partial charge >= 0.3 is 6.09 Å². The Morgan fingerprint density at radius 2 is 2.04 bits per heavy atom. The Labute approximate surface area is 152 Å². The van der Waals surface area contributed by atoms with Gasteiger partial charge in [0, 0.05) is 31.9 Å². The van der Waals surface area contributed by atoms with Gasteiger partial charge in [-0.25, -0.2) is 4.79 Å². The molecule has 0 radical (unpaired) electrons.